The molecule has 30 heavy (non-hydrogen) atoms. The average molecular weight is 445 g/mol. The van der Waals surface area contributed by atoms with Crippen molar-refractivity contribution < 1.29 is 14.5 Å². The number of nitrogens with one attached hydrogen (secondary N) is 2. The van der Waals surface area contributed by atoms with Crippen LogP contribution in [-0.4, -0.2) is 33.1 Å². The molecule has 12 heteroatoms. The fraction of sp³-hybridized carbons (Fsp3) is 0.0556. The van der Waals surface area contributed by atoms with Crippen molar-refractivity contribution in [3.05, 3.63) is 79.8 Å². The summed E-state index contributed by atoms with van der Waals surface area (Å²) in [5.74, 6) is -0.830. The van der Waals surface area contributed by atoms with Crippen molar-refractivity contribution in [3.63, 3.8) is 0 Å². The summed E-state index contributed by atoms with van der Waals surface area (Å²) in [5, 5.41) is 26.0. The Morgan fingerprint density at radius 1 is 1.20 bits per heavy atom. The van der Waals surface area contributed by atoms with Gasteiger partial charge >= 0.3 is 0 Å². The summed E-state index contributed by atoms with van der Waals surface area (Å²) in [4.78, 5) is 34.3. The molecular weight excluding hydrogens is 432 g/mol. The number of non-ortho nitro benzene ring substituents is 1. The van der Waals surface area contributed by atoms with Crippen LogP contribution in [0.2, 0.25) is 5.02 Å². The maximum absolute atomic E-state index is 12.1. The zero-order valence-electron chi connectivity index (χ0n) is 15.1. The average Bonchev–Trinajstić information content (AvgIpc) is 3.15. The highest BCUT2D eigenvalue weighted by Gasteiger charge is 2.12. The minimum atomic E-state index is -0.519. The third kappa shape index (κ3) is 5.90. The van der Waals surface area contributed by atoms with Crippen LogP contribution in [0.5, 0.6) is 0 Å². The zero-order chi connectivity index (χ0) is 21.5. The number of halogens is 1. The van der Waals surface area contributed by atoms with Crippen LogP contribution in [0.15, 0.2) is 53.6 Å². The van der Waals surface area contributed by atoms with Gasteiger partial charge in [0.05, 0.1) is 17.6 Å². The minimum Gasteiger partial charge on any atom is -0.296 e. The number of hydrogen-bond donors (Lipinski definition) is 2. The van der Waals surface area contributed by atoms with E-state index in [1.165, 1.54) is 24.4 Å². The number of hydrazone groups is 1. The third-order valence-corrected chi connectivity index (χ3v) is 4.68. The topological polar surface area (TPSA) is 139 Å². The van der Waals surface area contributed by atoms with E-state index in [2.05, 4.69) is 26.0 Å². The largest absolute Gasteiger partial charge is 0.296 e. The van der Waals surface area contributed by atoms with E-state index >= 15 is 0 Å². The van der Waals surface area contributed by atoms with Crippen LogP contribution in [0, 0.1) is 10.1 Å². The quantitative estimate of drug-likeness (QED) is 0.326. The summed E-state index contributed by atoms with van der Waals surface area (Å²) in [6.45, 7) is 0. The molecule has 1 heterocycles. The van der Waals surface area contributed by atoms with Crippen LogP contribution in [-0.2, 0) is 11.2 Å². The molecule has 3 aromatic rings. The lowest BCUT2D eigenvalue weighted by Gasteiger charge is -2.00. The first kappa shape index (κ1) is 21.0. The van der Waals surface area contributed by atoms with Gasteiger partial charge in [-0.2, -0.15) is 5.10 Å². The highest BCUT2D eigenvalue weighted by molar-refractivity contribution is 7.15. The number of nitro benzene ring substituents is 1. The van der Waals surface area contributed by atoms with E-state index in [1.54, 1.807) is 30.3 Å². The minimum absolute atomic E-state index is 0.0766. The van der Waals surface area contributed by atoms with E-state index < -0.39 is 10.8 Å². The maximum Gasteiger partial charge on any atom is 0.270 e. The molecule has 2 N–H and O–H groups in total. The van der Waals surface area contributed by atoms with Crippen LogP contribution in [0.4, 0.5) is 10.8 Å². The van der Waals surface area contributed by atoms with Crippen LogP contribution < -0.4 is 10.7 Å². The van der Waals surface area contributed by atoms with Crippen molar-refractivity contribution in [1.82, 2.24) is 15.6 Å². The Hall–Kier alpha value is -3.70. The fourth-order valence-electron chi connectivity index (χ4n) is 2.22. The van der Waals surface area contributed by atoms with Crippen molar-refractivity contribution in [2.75, 3.05) is 5.32 Å². The molecule has 1 aromatic heterocycles. The number of rotatable bonds is 7. The lowest BCUT2D eigenvalue weighted by molar-refractivity contribution is -0.384. The zero-order valence-corrected chi connectivity index (χ0v) is 16.7. The van der Waals surface area contributed by atoms with Crippen molar-refractivity contribution in [2.24, 2.45) is 5.10 Å². The second-order valence-electron chi connectivity index (χ2n) is 5.78. The Morgan fingerprint density at radius 2 is 1.97 bits per heavy atom. The van der Waals surface area contributed by atoms with E-state index in [-0.39, 0.29) is 23.1 Å². The number of hydrogen-bond acceptors (Lipinski definition) is 8. The van der Waals surface area contributed by atoms with Gasteiger partial charge in [-0.1, -0.05) is 35.1 Å². The number of nitro groups is 1. The Morgan fingerprint density at radius 3 is 2.70 bits per heavy atom. The van der Waals surface area contributed by atoms with Gasteiger partial charge in [-0.05, 0) is 24.3 Å². The van der Waals surface area contributed by atoms with E-state index in [1.807, 2.05) is 0 Å². The van der Waals surface area contributed by atoms with Gasteiger partial charge in [-0.3, -0.25) is 25.0 Å². The fourth-order valence-corrected chi connectivity index (χ4v) is 3.08. The van der Waals surface area contributed by atoms with Gasteiger partial charge in [0.15, 0.2) is 0 Å². The van der Waals surface area contributed by atoms with Gasteiger partial charge in [0.2, 0.25) is 11.0 Å². The molecule has 3 rings (SSSR count). The van der Waals surface area contributed by atoms with Gasteiger partial charge < -0.3 is 0 Å². The summed E-state index contributed by atoms with van der Waals surface area (Å²) in [6.07, 6.45) is 1.20. The Labute approximate surface area is 178 Å². The molecule has 0 aliphatic heterocycles. The van der Waals surface area contributed by atoms with Crippen LogP contribution in [0.3, 0.4) is 0 Å². The van der Waals surface area contributed by atoms with Gasteiger partial charge in [-0.15, -0.1) is 10.2 Å². The standard InChI is InChI=1S/C18H13ClN6O4S/c19-13-6-4-12(5-7-13)17(27)21-18-24-23-16(30-18)9-15(26)22-20-10-11-2-1-3-14(8-11)25(28)29/h1-8,10H,9H2,(H,22,26)(H,21,24,27)/b20-10-. The number of carbonyl (C=O) groups is 2. The van der Waals surface area contributed by atoms with Crippen LogP contribution in [0.25, 0.3) is 0 Å². The summed E-state index contributed by atoms with van der Waals surface area (Å²) in [7, 11) is 0. The molecule has 0 radical (unpaired) electrons. The van der Waals surface area contributed by atoms with Crippen LogP contribution >= 0.6 is 22.9 Å². The Bertz CT molecular complexity index is 1120. The molecule has 0 saturated carbocycles. The first-order valence-corrected chi connectivity index (χ1v) is 9.56. The molecule has 2 amide bonds. The molecule has 0 spiro atoms. The van der Waals surface area contributed by atoms with Crippen LogP contribution in [0.1, 0.15) is 20.9 Å². The van der Waals surface area contributed by atoms with E-state index in [0.717, 1.165) is 11.3 Å². The number of nitrogens with zero attached hydrogens (tertiary/aromatic N) is 4. The first-order valence-electron chi connectivity index (χ1n) is 8.36. The van der Waals surface area contributed by atoms with Gasteiger partial charge in [0, 0.05) is 28.3 Å². The number of aromatic nitrogens is 2. The predicted octanol–water partition coefficient (Wildman–Crippen LogP) is 3.04. The summed E-state index contributed by atoms with van der Waals surface area (Å²) >= 11 is 6.85. The summed E-state index contributed by atoms with van der Waals surface area (Å²) in [5.41, 5.74) is 3.10. The monoisotopic (exact) mass is 444 g/mol. The van der Waals surface area contributed by atoms with E-state index in [9.17, 15) is 19.7 Å². The highest BCUT2D eigenvalue weighted by Crippen LogP contribution is 2.17. The molecule has 10 nitrogen and oxygen atoms in total. The number of carbonyl (C=O) groups excluding carboxylic acids is 2. The van der Waals surface area contributed by atoms with Crippen molar-refractivity contribution in [1.29, 1.82) is 0 Å². The maximum atomic E-state index is 12.1. The molecule has 0 saturated heterocycles. The lowest BCUT2D eigenvalue weighted by atomic mass is 10.2. The Kier molecular flexibility index (Phi) is 6.78. The van der Waals surface area contributed by atoms with Crippen molar-refractivity contribution in [3.8, 4) is 0 Å². The molecular formula is C18H13ClN6O4S. The second kappa shape index (κ2) is 9.67. The molecule has 0 fully saturated rings. The molecule has 0 bridgehead atoms. The first-order chi connectivity index (χ1) is 14.4. The van der Waals surface area contributed by atoms with Crippen molar-refractivity contribution >= 4 is 51.8 Å². The SMILES string of the molecule is O=C(Cc1nnc(NC(=O)c2ccc(Cl)cc2)s1)N/N=C\c1cccc([N+](=O)[O-])c1. The van der Waals surface area contributed by atoms with E-state index in [4.69, 9.17) is 11.6 Å². The second-order valence-corrected chi connectivity index (χ2v) is 7.28. The van der Waals surface area contributed by atoms with E-state index in [0.29, 0.717) is 21.2 Å². The van der Waals surface area contributed by atoms with Gasteiger partial charge in [-0.25, -0.2) is 5.43 Å². The molecule has 152 valence electrons. The molecule has 0 atom stereocenters. The smallest absolute Gasteiger partial charge is 0.270 e. The molecule has 2 aromatic carbocycles. The predicted molar refractivity (Wildman–Crippen MR) is 112 cm³/mol. The van der Waals surface area contributed by atoms with Crippen molar-refractivity contribution in [2.45, 2.75) is 6.42 Å². The molecule has 0 aliphatic rings. The molecule has 0 unspecified atom stereocenters. The number of benzene rings is 2. The highest BCUT2D eigenvalue weighted by atomic mass is 35.5. The summed E-state index contributed by atoms with van der Waals surface area (Å²) < 4.78 is 0. The Balaban J connectivity index is 1.52. The normalized spacial score (nSPS) is 10.7. The number of anilines is 1. The molecule has 0 aliphatic carbocycles. The summed E-state index contributed by atoms with van der Waals surface area (Å²) in [6, 6.07) is 12.2. The number of amides is 2. The van der Waals surface area contributed by atoms with Gasteiger partial charge in [0.1, 0.15) is 5.01 Å². The third-order valence-electron chi connectivity index (χ3n) is 3.59. The lowest BCUT2D eigenvalue weighted by Crippen LogP contribution is -2.19. The van der Waals surface area contributed by atoms with Gasteiger partial charge in [0.25, 0.3) is 11.6 Å².